The zero-order valence-corrected chi connectivity index (χ0v) is 26.0. The van der Waals surface area contributed by atoms with Gasteiger partial charge < -0.3 is 25.0 Å². The number of hydrogen-bond acceptors (Lipinski definition) is 8. The number of fused-ring (bicyclic) bond motifs is 1. The van der Waals surface area contributed by atoms with Crippen molar-refractivity contribution in [3.63, 3.8) is 0 Å². The molecule has 2 N–H and O–H groups in total. The maximum absolute atomic E-state index is 12.5. The summed E-state index contributed by atoms with van der Waals surface area (Å²) in [5.41, 5.74) is 2.59. The summed E-state index contributed by atoms with van der Waals surface area (Å²) in [5.74, 6) is 7.07. The van der Waals surface area contributed by atoms with Gasteiger partial charge in [-0.1, -0.05) is 36.1 Å². The van der Waals surface area contributed by atoms with Gasteiger partial charge in [0.15, 0.2) is 0 Å². The van der Waals surface area contributed by atoms with Crippen LogP contribution in [-0.4, -0.2) is 50.5 Å². The number of carbonyl (C=O) groups excluding carboxylic acids is 2. The van der Waals surface area contributed by atoms with Crippen molar-refractivity contribution >= 4 is 51.7 Å². The van der Waals surface area contributed by atoms with Crippen LogP contribution in [0.3, 0.4) is 0 Å². The number of nitrogens with one attached hydrogen (secondary N) is 2. The molecule has 1 aliphatic rings. The largest absolute Gasteiger partial charge is 0.486 e. The minimum absolute atomic E-state index is 0.0422. The van der Waals surface area contributed by atoms with Crippen molar-refractivity contribution in [2.24, 2.45) is 5.92 Å². The first-order valence-electron chi connectivity index (χ1n) is 14.4. The second kappa shape index (κ2) is 13.7. The third kappa shape index (κ3) is 8.28. The molecule has 10 nitrogen and oxygen atoms in total. The molecular weight excluding hydrogens is 592 g/mol. The van der Waals surface area contributed by atoms with Crippen molar-refractivity contribution in [3.05, 3.63) is 90.0 Å². The molecule has 45 heavy (non-hydrogen) atoms. The number of amides is 2. The average molecular weight is 625 g/mol. The number of likely N-dealkylation sites (tertiary alicyclic amines) is 1. The normalized spacial score (nSPS) is 14.3. The number of rotatable bonds is 7. The molecule has 4 aromatic rings. The fourth-order valence-corrected chi connectivity index (χ4v) is 4.85. The van der Waals surface area contributed by atoms with Gasteiger partial charge in [-0.3, -0.25) is 9.78 Å². The van der Waals surface area contributed by atoms with Crippen LogP contribution in [0, 0.1) is 17.8 Å². The molecule has 2 amide bonds. The fourth-order valence-electron chi connectivity index (χ4n) is 4.61. The summed E-state index contributed by atoms with van der Waals surface area (Å²) >= 11 is 6.52. The molecule has 0 unspecified atom stereocenters. The second-order valence-corrected chi connectivity index (χ2v) is 11.8. The maximum atomic E-state index is 12.5. The van der Waals surface area contributed by atoms with Crippen LogP contribution in [0.1, 0.15) is 38.4 Å². The summed E-state index contributed by atoms with van der Waals surface area (Å²) in [6.07, 6.45) is 4.73. The Labute approximate surface area is 266 Å². The molecule has 1 atom stereocenters. The van der Waals surface area contributed by atoms with Gasteiger partial charge in [-0.05, 0) is 75.7 Å². The summed E-state index contributed by atoms with van der Waals surface area (Å²) in [4.78, 5) is 39.6. The average Bonchev–Trinajstić information content (AvgIpc) is 3.49. The number of ether oxygens (including phenoxy) is 2. The summed E-state index contributed by atoms with van der Waals surface area (Å²) in [7, 11) is 0. The van der Waals surface area contributed by atoms with Crippen LogP contribution in [0.4, 0.5) is 22.0 Å². The number of benzene rings is 2. The van der Waals surface area contributed by atoms with E-state index < -0.39 is 5.60 Å². The van der Waals surface area contributed by atoms with Crippen LogP contribution in [0.15, 0.2) is 73.7 Å². The molecular formula is C34H33ClN6O4. The van der Waals surface area contributed by atoms with Gasteiger partial charge in [0, 0.05) is 36.3 Å². The molecule has 1 saturated heterocycles. The number of halogens is 1. The van der Waals surface area contributed by atoms with Crippen LogP contribution in [0.5, 0.6) is 5.75 Å². The number of hydrogen-bond donors (Lipinski definition) is 2. The number of carbonyl (C=O) groups is 2. The monoisotopic (exact) mass is 624 g/mol. The molecule has 5 rings (SSSR count). The molecule has 1 aliphatic heterocycles. The minimum atomic E-state index is -0.565. The van der Waals surface area contributed by atoms with Crippen molar-refractivity contribution in [1.29, 1.82) is 0 Å². The van der Waals surface area contributed by atoms with E-state index in [-0.39, 0.29) is 24.5 Å². The van der Waals surface area contributed by atoms with Crippen molar-refractivity contribution in [2.45, 2.75) is 39.4 Å². The Morgan fingerprint density at radius 3 is 2.73 bits per heavy atom. The molecule has 1 fully saturated rings. The van der Waals surface area contributed by atoms with E-state index in [1.807, 2.05) is 45.0 Å². The Hall–Kier alpha value is -5.14. The molecule has 0 bridgehead atoms. The van der Waals surface area contributed by atoms with E-state index in [1.54, 1.807) is 35.4 Å². The van der Waals surface area contributed by atoms with E-state index in [2.05, 4.69) is 44.0 Å². The third-order valence-electron chi connectivity index (χ3n) is 6.77. The van der Waals surface area contributed by atoms with Crippen LogP contribution < -0.4 is 15.4 Å². The first-order valence-corrected chi connectivity index (χ1v) is 14.8. The Morgan fingerprint density at radius 1 is 1.16 bits per heavy atom. The number of pyridine rings is 1. The molecule has 0 aliphatic carbocycles. The zero-order valence-electron chi connectivity index (χ0n) is 25.3. The molecule has 230 valence electrons. The molecule has 3 heterocycles. The summed E-state index contributed by atoms with van der Waals surface area (Å²) in [6, 6.07) is 14.5. The van der Waals surface area contributed by atoms with E-state index >= 15 is 0 Å². The van der Waals surface area contributed by atoms with Gasteiger partial charge in [0.25, 0.3) is 0 Å². The lowest BCUT2D eigenvalue weighted by atomic mass is 10.1. The topological polar surface area (TPSA) is 119 Å². The van der Waals surface area contributed by atoms with Gasteiger partial charge in [-0.15, -0.1) is 0 Å². The van der Waals surface area contributed by atoms with Gasteiger partial charge in [0.05, 0.1) is 27.5 Å². The molecule has 11 heteroatoms. The van der Waals surface area contributed by atoms with Crippen molar-refractivity contribution in [3.8, 4) is 17.6 Å². The highest BCUT2D eigenvalue weighted by atomic mass is 35.5. The van der Waals surface area contributed by atoms with Gasteiger partial charge in [-0.25, -0.2) is 14.8 Å². The maximum Gasteiger partial charge on any atom is 0.410 e. The lowest BCUT2D eigenvalue weighted by Gasteiger charge is -2.24. The van der Waals surface area contributed by atoms with Gasteiger partial charge in [0.2, 0.25) is 5.91 Å². The van der Waals surface area contributed by atoms with Gasteiger partial charge >= 0.3 is 6.09 Å². The van der Waals surface area contributed by atoms with Crippen molar-refractivity contribution < 1.29 is 19.1 Å². The summed E-state index contributed by atoms with van der Waals surface area (Å²) in [5, 5.41) is 7.21. The van der Waals surface area contributed by atoms with E-state index in [1.165, 1.54) is 12.4 Å². The Morgan fingerprint density at radius 2 is 2.00 bits per heavy atom. The molecule has 2 aromatic carbocycles. The highest BCUT2D eigenvalue weighted by molar-refractivity contribution is 6.32. The number of aromatic nitrogens is 3. The van der Waals surface area contributed by atoms with E-state index in [9.17, 15) is 9.59 Å². The van der Waals surface area contributed by atoms with Crippen LogP contribution in [0.2, 0.25) is 5.02 Å². The zero-order chi connectivity index (χ0) is 32.0. The Bertz CT molecular complexity index is 1800. The first kappa shape index (κ1) is 31.3. The van der Waals surface area contributed by atoms with Crippen molar-refractivity contribution in [2.75, 3.05) is 23.7 Å². The predicted molar refractivity (Wildman–Crippen MR) is 174 cm³/mol. The molecule has 2 aromatic heterocycles. The van der Waals surface area contributed by atoms with Crippen LogP contribution in [-0.2, 0) is 16.1 Å². The second-order valence-electron chi connectivity index (χ2n) is 11.4. The summed E-state index contributed by atoms with van der Waals surface area (Å²) in [6.45, 7) is 10.4. The third-order valence-corrected chi connectivity index (χ3v) is 7.06. The number of nitrogens with zero attached hydrogens (tertiary/aromatic N) is 4. The fraction of sp³-hybridized carbons (Fsp3) is 0.265. The van der Waals surface area contributed by atoms with Gasteiger partial charge in [-0.2, -0.15) is 0 Å². The van der Waals surface area contributed by atoms with Crippen molar-refractivity contribution in [1.82, 2.24) is 19.9 Å². The molecule has 0 saturated carbocycles. The first-order chi connectivity index (χ1) is 21.6. The quantitative estimate of drug-likeness (QED) is 0.172. The molecule has 0 radical (unpaired) electrons. The van der Waals surface area contributed by atoms with Crippen LogP contribution >= 0.6 is 11.6 Å². The van der Waals surface area contributed by atoms with Gasteiger partial charge in [0.1, 0.15) is 30.1 Å². The standard InChI is InChI=1S/C34H33ClN6O4/c1-5-31(42)40-28-18-26-29(16-23(28)10-9-22-13-15-41(19-22)33(43)45-34(2,3)4)37-21-38-32(26)39-24-11-12-30(27(35)17-24)44-20-25-8-6-7-14-36-25/h5-8,11-12,14,16-18,21-22H,1,13,15,19-20H2,2-4H3,(H,40,42)(H,37,38,39)/t22-/m1/s1. The number of anilines is 3. The summed E-state index contributed by atoms with van der Waals surface area (Å²) < 4.78 is 11.3. The van der Waals surface area contributed by atoms with E-state index in [4.69, 9.17) is 21.1 Å². The SMILES string of the molecule is C=CC(=O)Nc1cc2c(Nc3ccc(OCc4ccccn4)c(Cl)c3)ncnc2cc1C#C[C@@H]1CCN(C(=O)OC(C)(C)C)C1. The Kier molecular flexibility index (Phi) is 9.50. The predicted octanol–water partition coefficient (Wildman–Crippen LogP) is 6.73. The lowest BCUT2D eigenvalue weighted by molar-refractivity contribution is -0.111. The highest BCUT2D eigenvalue weighted by Gasteiger charge is 2.29. The lowest BCUT2D eigenvalue weighted by Crippen LogP contribution is -2.35. The van der Waals surface area contributed by atoms with E-state index in [0.717, 1.165) is 12.1 Å². The molecule has 0 spiro atoms. The van der Waals surface area contributed by atoms with Crippen LogP contribution in [0.25, 0.3) is 10.9 Å². The van der Waals surface area contributed by atoms with E-state index in [0.29, 0.717) is 57.5 Å². The minimum Gasteiger partial charge on any atom is -0.486 e. The Balaban J connectivity index is 1.37. The smallest absolute Gasteiger partial charge is 0.410 e. The highest BCUT2D eigenvalue weighted by Crippen LogP contribution is 2.32.